The SMILES string of the molecule is COc1cc(CN2C[C@@H](c3ccccc3C(C)C)N(C3CC4(CCN(c5ccc(C(=O)NS(=O)(=O)c6cnc(NCC7CCC(C)(O)CC7)c([N+](=O)[O-])c6)c(Oc6cc7c(F)c[nH]c7nc6OC)c5)CC4)C3)C[C@@H]2C)ccc1C1CC1. The number of halogens is 1. The Bertz CT molecular complexity index is 3430. The van der Waals surface area contributed by atoms with Crippen LogP contribution in [0.25, 0.3) is 11.0 Å². The minimum atomic E-state index is -4.75. The van der Waals surface area contributed by atoms with Crippen molar-refractivity contribution in [3.05, 3.63) is 129 Å². The van der Waals surface area contributed by atoms with Gasteiger partial charge >= 0.3 is 5.69 Å². The van der Waals surface area contributed by atoms with Crippen molar-refractivity contribution < 1.29 is 41.8 Å². The van der Waals surface area contributed by atoms with Crippen molar-refractivity contribution in [1.82, 2.24) is 29.5 Å². The standard InChI is InChI=1S/C61H74FN9O9S/c1-37(2)45-9-7-8-10-47(45)52-36-69(35-40-11-15-46(41-12-13-41)53(25-40)78-5)38(3)34-70(52)43-29-61(30-43)21-23-68(24-22-61)42-14-16-48(54(26-42)80-55-28-49-50(62)33-65-56(49)66-59(55)79-6)58(72)67-81(76,77)44-27-51(71(74)75)57(64-32-44)63-31-39-17-19-60(4,73)20-18-39/h7-11,14-16,25-28,32-33,37-39,41,43,52,73H,12-13,17-24,29-31,34-36H2,1-6H3,(H,63,64)(H,65,66)(H,67,72)/t38-,39?,52-,60?/m0/s1. The quantitative estimate of drug-likeness (QED) is 0.0465. The number of hydrogen-bond donors (Lipinski definition) is 4. The second kappa shape index (κ2) is 22.5. The highest BCUT2D eigenvalue weighted by atomic mass is 32.2. The maximum atomic E-state index is 15.0. The van der Waals surface area contributed by atoms with Crippen molar-refractivity contribution in [3.8, 4) is 23.1 Å². The summed E-state index contributed by atoms with van der Waals surface area (Å²) in [5, 5.41) is 25.7. The second-order valence-corrected chi connectivity index (χ2v) is 25.7. The Hall–Kier alpha value is -6.87. The van der Waals surface area contributed by atoms with Crippen LogP contribution in [0.15, 0.2) is 90.1 Å². The van der Waals surface area contributed by atoms with E-state index < -0.39 is 42.9 Å². The molecule has 2 saturated heterocycles. The van der Waals surface area contributed by atoms with Gasteiger partial charge in [-0.3, -0.25) is 24.7 Å². The smallest absolute Gasteiger partial charge is 0.312 e. The summed E-state index contributed by atoms with van der Waals surface area (Å²) in [7, 11) is -1.59. The summed E-state index contributed by atoms with van der Waals surface area (Å²) in [6, 6.07) is 23.9. The van der Waals surface area contributed by atoms with E-state index >= 15 is 0 Å². The third-order valence-corrected chi connectivity index (χ3v) is 19.4. The number of benzene rings is 3. The van der Waals surface area contributed by atoms with E-state index in [0.29, 0.717) is 56.1 Å². The van der Waals surface area contributed by atoms with Crippen molar-refractivity contribution in [2.45, 2.75) is 139 Å². The van der Waals surface area contributed by atoms with Crippen LogP contribution in [0.1, 0.15) is 142 Å². The van der Waals surface area contributed by atoms with Crippen LogP contribution in [0.3, 0.4) is 0 Å². The minimum absolute atomic E-state index is 0.0135. The first-order chi connectivity index (χ1) is 38.8. The normalized spacial score (nSPS) is 22.6. The first-order valence-corrected chi connectivity index (χ1v) is 30.0. The lowest BCUT2D eigenvalue weighted by Gasteiger charge is -2.59. The predicted molar refractivity (Wildman–Crippen MR) is 307 cm³/mol. The van der Waals surface area contributed by atoms with E-state index in [2.05, 4.69) is 103 Å². The number of nitro groups is 1. The zero-order valence-corrected chi connectivity index (χ0v) is 47.9. The van der Waals surface area contributed by atoms with Gasteiger partial charge in [0.15, 0.2) is 5.75 Å². The minimum Gasteiger partial charge on any atom is -0.496 e. The van der Waals surface area contributed by atoms with Crippen molar-refractivity contribution in [1.29, 1.82) is 0 Å². The molecule has 4 N–H and O–H groups in total. The van der Waals surface area contributed by atoms with Crippen molar-refractivity contribution in [2.75, 3.05) is 57.2 Å². The Morgan fingerprint density at radius 2 is 1.69 bits per heavy atom. The van der Waals surface area contributed by atoms with Gasteiger partial charge in [-0.1, -0.05) is 50.2 Å². The highest BCUT2D eigenvalue weighted by molar-refractivity contribution is 7.90. The molecular formula is C61H74FN9O9S. The molecule has 0 radical (unpaired) electrons. The van der Waals surface area contributed by atoms with Gasteiger partial charge in [-0.15, -0.1) is 0 Å². The molecule has 3 aromatic heterocycles. The number of pyridine rings is 2. The third-order valence-electron chi connectivity index (χ3n) is 18.1. The van der Waals surface area contributed by atoms with Crippen LogP contribution >= 0.6 is 0 Å². The molecule has 5 aliphatic rings. The molecule has 3 aromatic carbocycles. The van der Waals surface area contributed by atoms with Crippen LogP contribution in [0.5, 0.6) is 23.1 Å². The van der Waals surface area contributed by atoms with Gasteiger partial charge in [-0.25, -0.2) is 22.5 Å². The summed E-state index contributed by atoms with van der Waals surface area (Å²) < 4.78 is 62.8. The molecule has 5 fully saturated rings. The maximum absolute atomic E-state index is 15.0. The van der Waals surface area contributed by atoms with E-state index in [1.54, 1.807) is 26.2 Å². The van der Waals surface area contributed by atoms with Gasteiger partial charge in [0.05, 0.1) is 41.9 Å². The average molecular weight is 1130 g/mol. The van der Waals surface area contributed by atoms with Gasteiger partial charge in [0, 0.05) is 87.5 Å². The van der Waals surface area contributed by atoms with E-state index in [0.717, 1.165) is 88.3 Å². The number of aromatic amines is 1. The number of H-pyrrole nitrogens is 1. The number of anilines is 2. The Balaban J connectivity index is 0.805. The van der Waals surface area contributed by atoms with Crippen molar-refractivity contribution in [3.63, 3.8) is 0 Å². The van der Waals surface area contributed by atoms with Gasteiger partial charge in [-0.2, -0.15) is 4.98 Å². The maximum Gasteiger partial charge on any atom is 0.312 e. The Morgan fingerprint density at radius 1 is 0.938 bits per heavy atom. The molecule has 81 heavy (non-hydrogen) atoms. The average Bonchev–Trinajstić information content (AvgIpc) is 4.37. The molecule has 0 unspecified atom stereocenters. The topological polar surface area (TPSA) is 218 Å². The number of nitrogens with one attached hydrogen (secondary N) is 3. The molecule has 20 heteroatoms. The van der Waals surface area contributed by atoms with Gasteiger partial charge in [0.25, 0.3) is 21.8 Å². The number of ether oxygens (including phenoxy) is 3. The van der Waals surface area contributed by atoms with E-state index in [1.165, 1.54) is 54.3 Å². The molecule has 11 rings (SSSR count). The summed E-state index contributed by atoms with van der Waals surface area (Å²) in [5.74, 6) is 0.255. The fourth-order valence-electron chi connectivity index (χ4n) is 13.1. The lowest BCUT2D eigenvalue weighted by Crippen LogP contribution is -2.61. The van der Waals surface area contributed by atoms with E-state index in [4.69, 9.17) is 14.2 Å². The Kier molecular flexibility index (Phi) is 15.5. The summed E-state index contributed by atoms with van der Waals surface area (Å²) >= 11 is 0. The predicted octanol–water partition coefficient (Wildman–Crippen LogP) is 11.0. The van der Waals surface area contributed by atoms with Crippen LogP contribution in [-0.4, -0.2) is 114 Å². The number of aromatic nitrogens is 3. The summed E-state index contributed by atoms with van der Waals surface area (Å²) in [4.78, 5) is 44.2. The van der Waals surface area contributed by atoms with E-state index in [-0.39, 0.29) is 57.2 Å². The number of carbonyl (C=O) groups excluding carboxylic acids is 1. The van der Waals surface area contributed by atoms with Crippen LogP contribution < -0.4 is 29.1 Å². The van der Waals surface area contributed by atoms with Crippen molar-refractivity contribution in [2.24, 2.45) is 11.3 Å². The summed E-state index contributed by atoms with van der Waals surface area (Å²) in [5.41, 5.74) is 4.98. The van der Waals surface area contributed by atoms with Crippen LogP contribution in [-0.2, 0) is 16.6 Å². The van der Waals surface area contributed by atoms with Crippen molar-refractivity contribution >= 4 is 44.2 Å². The molecule has 18 nitrogen and oxygen atoms in total. The molecule has 3 saturated carbocycles. The molecule has 2 atom stereocenters. The third kappa shape index (κ3) is 11.8. The number of rotatable bonds is 18. The van der Waals surface area contributed by atoms with Crippen LogP contribution in [0, 0.1) is 27.3 Å². The zero-order chi connectivity index (χ0) is 57.0. The lowest BCUT2D eigenvalue weighted by atomic mass is 9.59. The van der Waals surface area contributed by atoms with Crippen LogP contribution in [0.2, 0.25) is 0 Å². The summed E-state index contributed by atoms with van der Waals surface area (Å²) in [6.07, 6.45) is 11.2. The fraction of sp³-hybridized carbons (Fsp3) is 0.492. The van der Waals surface area contributed by atoms with Gasteiger partial charge in [-0.05, 0) is 142 Å². The molecule has 2 aliphatic heterocycles. The largest absolute Gasteiger partial charge is 0.496 e. The monoisotopic (exact) mass is 1130 g/mol. The number of carbonyl (C=O) groups is 1. The van der Waals surface area contributed by atoms with Gasteiger partial charge < -0.3 is 34.5 Å². The summed E-state index contributed by atoms with van der Waals surface area (Å²) in [6.45, 7) is 13.3. The first-order valence-electron chi connectivity index (χ1n) is 28.5. The number of piperazine rings is 1. The number of hydrogen-bond acceptors (Lipinski definition) is 15. The van der Waals surface area contributed by atoms with Gasteiger partial charge in [0.2, 0.25) is 5.82 Å². The highest BCUT2D eigenvalue weighted by Gasteiger charge is 2.51. The van der Waals surface area contributed by atoms with Gasteiger partial charge in [0.1, 0.15) is 27.9 Å². The number of aliphatic hydroxyl groups is 1. The Morgan fingerprint density at radius 3 is 2.40 bits per heavy atom. The molecule has 430 valence electrons. The van der Waals surface area contributed by atoms with E-state index in [9.17, 15) is 32.8 Å². The van der Waals surface area contributed by atoms with E-state index in [1.807, 2.05) is 0 Å². The molecule has 1 amide bonds. The zero-order valence-electron chi connectivity index (χ0n) is 47.0. The molecule has 0 bridgehead atoms. The molecule has 3 aliphatic carbocycles. The number of fused-ring (bicyclic) bond motifs is 1. The number of sulfonamides is 1. The molecule has 6 aromatic rings. The number of methoxy groups -OCH3 is 2. The number of amides is 1. The number of nitrogens with zero attached hydrogens (tertiary/aromatic N) is 6. The number of piperidine rings is 1. The second-order valence-electron chi connectivity index (χ2n) is 24.0. The fourth-order valence-corrected chi connectivity index (χ4v) is 14.0. The van der Waals surface area contributed by atoms with Crippen LogP contribution in [0.4, 0.5) is 21.6 Å². The first kappa shape index (κ1) is 56.0. The molecular weight excluding hydrogens is 1050 g/mol. The lowest BCUT2D eigenvalue weighted by molar-refractivity contribution is -0.384. The Labute approximate surface area is 473 Å². The highest BCUT2D eigenvalue weighted by Crippen LogP contribution is 2.54. The molecule has 1 spiro atoms. The molecule has 5 heterocycles.